The van der Waals surface area contributed by atoms with Gasteiger partial charge in [0.25, 0.3) is 5.91 Å². The number of benzene rings is 1. The summed E-state index contributed by atoms with van der Waals surface area (Å²) in [5.41, 5.74) is 6.33. The van der Waals surface area contributed by atoms with Crippen LogP contribution in [0.2, 0.25) is 5.02 Å². The third-order valence-electron chi connectivity index (χ3n) is 4.11. The van der Waals surface area contributed by atoms with Crippen molar-refractivity contribution in [2.24, 2.45) is 5.92 Å². The molecule has 7 nitrogen and oxygen atoms in total. The first-order valence-corrected chi connectivity index (χ1v) is 9.86. The molecule has 0 bridgehead atoms. The fourth-order valence-corrected chi connectivity index (χ4v) is 3.97. The first-order valence-electron chi connectivity index (χ1n) is 7.59. The molecule has 1 aliphatic carbocycles. The summed E-state index contributed by atoms with van der Waals surface area (Å²) < 4.78 is 30.6. The molecular weight excluding hydrogens is 389 g/mol. The van der Waals surface area contributed by atoms with Crippen LogP contribution in [0.3, 0.4) is 0 Å². The SMILES string of the molecule is COc1cc(N)c(Cl)cc1C(=O)NCC1CCCC1NS(C)(=O)=O.Cl. The highest BCUT2D eigenvalue weighted by Crippen LogP contribution is 2.29. The van der Waals surface area contributed by atoms with Crippen molar-refractivity contribution in [3.63, 3.8) is 0 Å². The number of nitrogens with two attached hydrogens (primary N) is 1. The fourth-order valence-electron chi connectivity index (χ4n) is 2.95. The first kappa shape index (κ1) is 21.8. The Morgan fingerprint density at radius 2 is 2.08 bits per heavy atom. The Bertz CT molecular complexity index is 728. The Morgan fingerprint density at radius 1 is 1.40 bits per heavy atom. The van der Waals surface area contributed by atoms with Crippen molar-refractivity contribution in [3.8, 4) is 5.75 Å². The van der Waals surface area contributed by atoms with E-state index in [1.807, 2.05) is 0 Å². The van der Waals surface area contributed by atoms with Crippen LogP contribution in [-0.4, -0.2) is 40.3 Å². The van der Waals surface area contributed by atoms with Gasteiger partial charge < -0.3 is 15.8 Å². The number of anilines is 1. The van der Waals surface area contributed by atoms with Gasteiger partial charge in [0, 0.05) is 18.7 Å². The first-order chi connectivity index (χ1) is 11.2. The molecule has 1 aromatic rings. The molecule has 1 aromatic carbocycles. The maximum atomic E-state index is 12.4. The zero-order valence-electron chi connectivity index (χ0n) is 14.0. The number of ether oxygens (including phenoxy) is 1. The molecule has 0 saturated heterocycles. The fraction of sp³-hybridized carbons (Fsp3) is 0.533. The molecule has 1 amide bonds. The average molecular weight is 412 g/mol. The van der Waals surface area contributed by atoms with Gasteiger partial charge in [0.15, 0.2) is 0 Å². The van der Waals surface area contributed by atoms with E-state index in [-0.39, 0.29) is 35.3 Å². The lowest BCUT2D eigenvalue weighted by atomic mass is 10.0. The normalized spacial score (nSPS) is 20.0. The third kappa shape index (κ3) is 5.91. The van der Waals surface area contributed by atoms with Gasteiger partial charge in [-0.1, -0.05) is 18.0 Å². The molecule has 1 aliphatic rings. The molecule has 1 saturated carbocycles. The van der Waals surface area contributed by atoms with E-state index in [2.05, 4.69) is 10.0 Å². The van der Waals surface area contributed by atoms with Crippen LogP contribution < -0.4 is 20.5 Å². The van der Waals surface area contributed by atoms with E-state index in [1.54, 1.807) is 0 Å². The molecule has 0 aromatic heterocycles. The molecule has 2 atom stereocenters. The smallest absolute Gasteiger partial charge is 0.255 e. The molecule has 10 heteroatoms. The van der Waals surface area contributed by atoms with E-state index < -0.39 is 10.0 Å². The summed E-state index contributed by atoms with van der Waals surface area (Å²) in [6.45, 7) is 0.372. The molecule has 4 N–H and O–H groups in total. The summed E-state index contributed by atoms with van der Waals surface area (Å²) in [7, 11) is -1.82. The summed E-state index contributed by atoms with van der Waals surface area (Å²) in [5, 5.41) is 3.10. The minimum Gasteiger partial charge on any atom is -0.496 e. The van der Waals surface area contributed by atoms with Crippen LogP contribution in [0.15, 0.2) is 12.1 Å². The van der Waals surface area contributed by atoms with E-state index in [0.29, 0.717) is 23.5 Å². The van der Waals surface area contributed by atoms with Gasteiger partial charge >= 0.3 is 0 Å². The number of hydrogen-bond donors (Lipinski definition) is 3. The van der Waals surface area contributed by atoms with Crippen molar-refractivity contribution in [3.05, 3.63) is 22.7 Å². The number of carbonyl (C=O) groups excluding carboxylic acids is 1. The number of methoxy groups -OCH3 is 1. The summed E-state index contributed by atoms with van der Waals surface area (Å²) in [5.74, 6) is 0.0595. The minimum absolute atomic E-state index is 0. The van der Waals surface area contributed by atoms with Gasteiger partial charge in [0.2, 0.25) is 10.0 Å². The van der Waals surface area contributed by atoms with Crippen LogP contribution in [0, 0.1) is 5.92 Å². The number of sulfonamides is 1. The highest BCUT2D eigenvalue weighted by molar-refractivity contribution is 7.88. The van der Waals surface area contributed by atoms with Crippen LogP contribution in [0.1, 0.15) is 29.6 Å². The molecule has 0 heterocycles. The van der Waals surface area contributed by atoms with Crippen LogP contribution in [0.25, 0.3) is 0 Å². The molecule has 2 unspecified atom stereocenters. The largest absolute Gasteiger partial charge is 0.496 e. The highest BCUT2D eigenvalue weighted by Gasteiger charge is 2.30. The standard InChI is InChI=1S/C15H22ClN3O4S.ClH/c1-23-14-7-12(17)11(16)6-10(14)15(20)18-8-9-4-3-5-13(9)19-24(2,21)22;/h6-7,9,13,19H,3-5,8,17H2,1-2H3,(H,18,20);1H. The van der Waals surface area contributed by atoms with Crippen molar-refractivity contribution < 1.29 is 17.9 Å². The Kier molecular flexibility index (Phi) is 7.80. The second-order valence-corrected chi connectivity index (χ2v) is 8.16. The van der Waals surface area contributed by atoms with Crippen molar-refractivity contribution in [2.75, 3.05) is 25.6 Å². The van der Waals surface area contributed by atoms with Crippen LogP contribution in [0.4, 0.5) is 5.69 Å². The lowest BCUT2D eigenvalue weighted by molar-refractivity contribution is 0.0943. The topological polar surface area (TPSA) is 111 Å². The van der Waals surface area contributed by atoms with Gasteiger partial charge in [-0.2, -0.15) is 0 Å². The molecule has 0 spiro atoms. The molecule has 25 heavy (non-hydrogen) atoms. The van der Waals surface area contributed by atoms with Crippen molar-refractivity contribution in [1.29, 1.82) is 0 Å². The van der Waals surface area contributed by atoms with Crippen LogP contribution in [0.5, 0.6) is 5.75 Å². The Hall–Kier alpha value is -1.22. The van der Waals surface area contributed by atoms with Gasteiger partial charge in [0.05, 0.1) is 29.6 Å². The average Bonchev–Trinajstić information content (AvgIpc) is 2.92. The van der Waals surface area contributed by atoms with Crippen molar-refractivity contribution in [2.45, 2.75) is 25.3 Å². The van der Waals surface area contributed by atoms with E-state index in [4.69, 9.17) is 22.1 Å². The number of carbonyl (C=O) groups is 1. The zero-order chi connectivity index (χ0) is 17.9. The molecule has 142 valence electrons. The van der Waals surface area contributed by atoms with E-state index >= 15 is 0 Å². The lowest BCUT2D eigenvalue weighted by Gasteiger charge is -2.20. The number of nitrogens with one attached hydrogen (secondary N) is 2. The Balaban J connectivity index is 0.00000312. The van der Waals surface area contributed by atoms with Crippen molar-refractivity contribution >= 4 is 45.6 Å². The summed E-state index contributed by atoms with van der Waals surface area (Å²) in [6, 6.07) is 2.81. The zero-order valence-corrected chi connectivity index (χ0v) is 16.4. The number of hydrogen-bond acceptors (Lipinski definition) is 5. The van der Waals surface area contributed by atoms with Crippen LogP contribution in [-0.2, 0) is 10.0 Å². The summed E-state index contributed by atoms with van der Waals surface area (Å²) >= 11 is 5.97. The molecule has 1 fully saturated rings. The van der Waals surface area contributed by atoms with E-state index in [1.165, 1.54) is 19.2 Å². The second-order valence-electron chi connectivity index (χ2n) is 5.97. The van der Waals surface area contributed by atoms with Crippen LogP contribution >= 0.6 is 24.0 Å². The molecular formula is C15H23Cl2N3O4S. The van der Waals surface area contributed by atoms with Gasteiger partial charge in [-0.25, -0.2) is 13.1 Å². The highest BCUT2D eigenvalue weighted by atomic mass is 35.5. The molecule has 0 aliphatic heterocycles. The number of nitrogen functional groups attached to an aromatic ring is 1. The van der Waals surface area contributed by atoms with E-state index in [9.17, 15) is 13.2 Å². The van der Waals surface area contributed by atoms with Crippen molar-refractivity contribution in [1.82, 2.24) is 10.0 Å². The second kappa shape index (κ2) is 8.93. The third-order valence-corrected chi connectivity index (χ3v) is 5.17. The van der Waals surface area contributed by atoms with Gasteiger partial charge in [-0.05, 0) is 24.8 Å². The predicted molar refractivity (Wildman–Crippen MR) is 101 cm³/mol. The quantitative estimate of drug-likeness (QED) is 0.617. The predicted octanol–water partition coefficient (Wildman–Crippen LogP) is 1.80. The Morgan fingerprint density at radius 3 is 2.68 bits per heavy atom. The van der Waals surface area contributed by atoms with E-state index in [0.717, 1.165) is 25.5 Å². The van der Waals surface area contributed by atoms with Gasteiger partial charge in [-0.15, -0.1) is 12.4 Å². The maximum Gasteiger partial charge on any atom is 0.255 e. The molecule has 2 rings (SSSR count). The number of rotatable bonds is 6. The number of amides is 1. The molecule has 0 radical (unpaired) electrons. The van der Waals surface area contributed by atoms with Gasteiger partial charge in [0.1, 0.15) is 5.75 Å². The maximum absolute atomic E-state index is 12.4. The monoisotopic (exact) mass is 411 g/mol. The summed E-state index contributed by atoms with van der Waals surface area (Å²) in [4.78, 5) is 12.4. The summed E-state index contributed by atoms with van der Waals surface area (Å²) in [6.07, 6.45) is 3.69. The number of halogens is 2. The minimum atomic E-state index is -3.27. The Labute approximate surface area is 159 Å². The van der Waals surface area contributed by atoms with Gasteiger partial charge in [-0.3, -0.25) is 4.79 Å². The lowest BCUT2D eigenvalue weighted by Crippen LogP contribution is -2.41.